The summed E-state index contributed by atoms with van der Waals surface area (Å²) in [5.41, 5.74) is 9.93. The van der Waals surface area contributed by atoms with Crippen LogP contribution in [-0.2, 0) is 6.61 Å². The molecule has 6 heteroatoms. The summed E-state index contributed by atoms with van der Waals surface area (Å²) in [6.45, 7) is 0.333. The molecule has 4 nitrogen and oxygen atoms in total. The molecule has 4 rings (SSSR count). The third kappa shape index (κ3) is 3.34. The van der Waals surface area contributed by atoms with Gasteiger partial charge in [-0.15, -0.1) is 0 Å². The van der Waals surface area contributed by atoms with Gasteiger partial charge in [-0.1, -0.05) is 41.4 Å². The summed E-state index contributed by atoms with van der Waals surface area (Å²) in [7, 11) is 0. The number of benzene rings is 2. The molecule has 0 aliphatic rings. The molecule has 0 aliphatic heterocycles. The maximum absolute atomic E-state index is 6.22. The molecule has 0 bridgehead atoms. The molecule has 0 unspecified atom stereocenters. The zero-order valence-corrected chi connectivity index (χ0v) is 15.2. The van der Waals surface area contributed by atoms with Crippen molar-refractivity contribution >= 4 is 34.5 Å². The van der Waals surface area contributed by atoms with Crippen molar-refractivity contribution in [3.63, 3.8) is 0 Å². The zero-order valence-electron chi connectivity index (χ0n) is 13.7. The predicted molar refractivity (Wildman–Crippen MR) is 106 cm³/mol. The standard InChI is InChI=1S/C20H15Cl2N3O/c21-15-6-3-14(17(22)10-15)12-26-19-2-1-9-25-11-18(24-20(19)25)13-4-7-16(23)8-5-13/h1-11H,12,23H2. The number of anilines is 1. The lowest BCUT2D eigenvalue weighted by Gasteiger charge is -2.09. The number of nitrogens with zero attached hydrogens (tertiary/aromatic N) is 2. The Morgan fingerprint density at radius 3 is 2.62 bits per heavy atom. The molecule has 26 heavy (non-hydrogen) atoms. The zero-order chi connectivity index (χ0) is 18.1. The van der Waals surface area contributed by atoms with Crippen LogP contribution in [0.1, 0.15) is 5.56 Å². The molecule has 0 saturated carbocycles. The summed E-state index contributed by atoms with van der Waals surface area (Å²) in [5.74, 6) is 0.681. The lowest BCUT2D eigenvalue weighted by atomic mass is 10.1. The average Bonchev–Trinajstić information content (AvgIpc) is 3.06. The van der Waals surface area contributed by atoms with Crippen LogP contribution >= 0.6 is 23.2 Å². The van der Waals surface area contributed by atoms with Crippen molar-refractivity contribution < 1.29 is 4.74 Å². The SMILES string of the molecule is Nc1ccc(-c2cn3cccc(OCc4ccc(Cl)cc4Cl)c3n2)cc1. The van der Waals surface area contributed by atoms with E-state index in [1.807, 2.05) is 59.3 Å². The number of aromatic nitrogens is 2. The second-order valence-corrected chi connectivity index (χ2v) is 6.72. The van der Waals surface area contributed by atoms with Crippen molar-refractivity contribution in [3.8, 4) is 17.0 Å². The van der Waals surface area contributed by atoms with Gasteiger partial charge in [-0.25, -0.2) is 4.98 Å². The summed E-state index contributed by atoms with van der Waals surface area (Å²) in [5, 5.41) is 1.18. The minimum Gasteiger partial charge on any atom is -0.485 e. The van der Waals surface area contributed by atoms with Crippen molar-refractivity contribution in [1.29, 1.82) is 0 Å². The number of ether oxygens (including phenoxy) is 1. The third-order valence-electron chi connectivity index (χ3n) is 4.05. The Kier molecular flexibility index (Phi) is 4.45. The van der Waals surface area contributed by atoms with Crippen LogP contribution in [0.4, 0.5) is 5.69 Å². The number of nitrogens with two attached hydrogens (primary N) is 1. The molecule has 0 amide bonds. The summed E-state index contributed by atoms with van der Waals surface area (Å²) in [6.07, 6.45) is 3.90. The van der Waals surface area contributed by atoms with Gasteiger partial charge < -0.3 is 14.9 Å². The summed E-state index contributed by atoms with van der Waals surface area (Å²) in [6, 6.07) is 16.8. The molecule has 0 atom stereocenters. The van der Waals surface area contributed by atoms with E-state index in [1.54, 1.807) is 12.1 Å². The van der Waals surface area contributed by atoms with Gasteiger partial charge in [-0.3, -0.25) is 0 Å². The smallest absolute Gasteiger partial charge is 0.180 e. The number of pyridine rings is 1. The molecule has 2 aromatic heterocycles. The van der Waals surface area contributed by atoms with Crippen LogP contribution in [0.3, 0.4) is 0 Å². The van der Waals surface area contributed by atoms with Crippen LogP contribution in [0.2, 0.25) is 10.0 Å². The fraction of sp³-hybridized carbons (Fsp3) is 0.0500. The largest absolute Gasteiger partial charge is 0.485 e. The van der Waals surface area contributed by atoms with Gasteiger partial charge in [0, 0.05) is 39.3 Å². The Morgan fingerprint density at radius 2 is 1.85 bits per heavy atom. The van der Waals surface area contributed by atoms with E-state index in [0.29, 0.717) is 22.4 Å². The fourth-order valence-corrected chi connectivity index (χ4v) is 3.15. The maximum Gasteiger partial charge on any atom is 0.180 e. The Morgan fingerprint density at radius 1 is 1.04 bits per heavy atom. The van der Waals surface area contributed by atoms with E-state index in [1.165, 1.54) is 0 Å². The summed E-state index contributed by atoms with van der Waals surface area (Å²) < 4.78 is 7.90. The Hall–Kier alpha value is -2.69. The first kappa shape index (κ1) is 16.8. The molecule has 0 aliphatic carbocycles. The van der Waals surface area contributed by atoms with E-state index in [0.717, 1.165) is 28.2 Å². The van der Waals surface area contributed by atoms with Gasteiger partial charge in [0.1, 0.15) is 6.61 Å². The fourth-order valence-electron chi connectivity index (χ4n) is 2.69. The average molecular weight is 384 g/mol. The number of hydrogen-bond acceptors (Lipinski definition) is 3. The number of hydrogen-bond donors (Lipinski definition) is 1. The van der Waals surface area contributed by atoms with Crippen LogP contribution < -0.4 is 10.5 Å². The molecular formula is C20H15Cl2N3O. The molecule has 2 heterocycles. The molecule has 2 N–H and O–H groups in total. The van der Waals surface area contributed by atoms with Crippen molar-refractivity contribution in [2.75, 3.05) is 5.73 Å². The molecular weight excluding hydrogens is 369 g/mol. The van der Waals surface area contributed by atoms with Gasteiger partial charge in [-0.05, 0) is 36.4 Å². The summed E-state index contributed by atoms with van der Waals surface area (Å²) in [4.78, 5) is 4.70. The quantitative estimate of drug-likeness (QED) is 0.475. The minimum absolute atomic E-state index is 0.333. The highest BCUT2D eigenvalue weighted by atomic mass is 35.5. The van der Waals surface area contributed by atoms with Crippen LogP contribution in [-0.4, -0.2) is 9.38 Å². The topological polar surface area (TPSA) is 52.5 Å². The molecule has 4 aromatic rings. The van der Waals surface area contributed by atoms with Gasteiger partial charge in [0.25, 0.3) is 0 Å². The predicted octanol–water partition coefficient (Wildman–Crippen LogP) is 5.47. The van der Waals surface area contributed by atoms with Gasteiger partial charge in [0.2, 0.25) is 0 Å². The molecule has 130 valence electrons. The van der Waals surface area contributed by atoms with E-state index < -0.39 is 0 Å². The number of halogens is 2. The van der Waals surface area contributed by atoms with Crippen LogP contribution in [0.25, 0.3) is 16.9 Å². The first-order valence-corrected chi connectivity index (χ1v) is 8.76. The van der Waals surface area contributed by atoms with Gasteiger partial charge >= 0.3 is 0 Å². The van der Waals surface area contributed by atoms with Gasteiger partial charge in [0.05, 0.1) is 5.69 Å². The van der Waals surface area contributed by atoms with Crippen LogP contribution in [0.5, 0.6) is 5.75 Å². The lowest BCUT2D eigenvalue weighted by Crippen LogP contribution is -1.98. The normalized spacial score (nSPS) is 11.0. The van der Waals surface area contributed by atoms with Crippen LogP contribution in [0.15, 0.2) is 67.0 Å². The van der Waals surface area contributed by atoms with Crippen molar-refractivity contribution in [1.82, 2.24) is 9.38 Å². The molecule has 0 spiro atoms. The summed E-state index contributed by atoms with van der Waals surface area (Å²) >= 11 is 12.2. The first-order chi connectivity index (χ1) is 12.6. The minimum atomic E-state index is 0.333. The Bertz CT molecular complexity index is 1070. The molecule has 2 aromatic carbocycles. The van der Waals surface area contributed by atoms with Crippen molar-refractivity contribution in [2.24, 2.45) is 0 Å². The molecule has 0 saturated heterocycles. The van der Waals surface area contributed by atoms with E-state index >= 15 is 0 Å². The number of nitrogen functional groups attached to an aromatic ring is 1. The van der Waals surface area contributed by atoms with E-state index in [9.17, 15) is 0 Å². The highest BCUT2D eigenvalue weighted by Crippen LogP contribution is 2.27. The van der Waals surface area contributed by atoms with E-state index in [2.05, 4.69) is 0 Å². The molecule has 0 radical (unpaired) electrons. The monoisotopic (exact) mass is 383 g/mol. The number of rotatable bonds is 4. The molecule has 0 fully saturated rings. The highest BCUT2D eigenvalue weighted by Gasteiger charge is 2.10. The second kappa shape index (κ2) is 6.90. The first-order valence-electron chi connectivity index (χ1n) is 8.00. The van der Waals surface area contributed by atoms with Gasteiger partial charge in [0.15, 0.2) is 11.4 Å². The van der Waals surface area contributed by atoms with Gasteiger partial charge in [-0.2, -0.15) is 0 Å². The highest BCUT2D eigenvalue weighted by molar-refractivity contribution is 6.35. The van der Waals surface area contributed by atoms with Crippen molar-refractivity contribution in [3.05, 3.63) is 82.6 Å². The lowest BCUT2D eigenvalue weighted by molar-refractivity contribution is 0.308. The Balaban J connectivity index is 1.64. The number of imidazole rings is 1. The maximum atomic E-state index is 6.22. The second-order valence-electron chi connectivity index (χ2n) is 5.88. The van der Waals surface area contributed by atoms with Crippen molar-refractivity contribution in [2.45, 2.75) is 6.61 Å². The number of fused-ring (bicyclic) bond motifs is 1. The van der Waals surface area contributed by atoms with Crippen LogP contribution in [0, 0.1) is 0 Å². The van der Waals surface area contributed by atoms with E-state index in [-0.39, 0.29) is 0 Å². The van der Waals surface area contributed by atoms with E-state index in [4.69, 9.17) is 38.7 Å². The third-order valence-corrected chi connectivity index (χ3v) is 4.64. The Labute approximate surface area is 160 Å².